The van der Waals surface area contributed by atoms with E-state index in [0.29, 0.717) is 6.04 Å². The predicted molar refractivity (Wildman–Crippen MR) is 84.6 cm³/mol. The van der Waals surface area contributed by atoms with Crippen molar-refractivity contribution in [3.8, 4) is 5.75 Å². The number of fused-ring (bicyclic) bond motifs is 1. The maximum Gasteiger partial charge on any atom is 0.257 e. The summed E-state index contributed by atoms with van der Waals surface area (Å²) in [6.07, 6.45) is 5.60. The quantitative estimate of drug-likeness (QED) is 0.759. The first-order valence-corrected chi connectivity index (χ1v) is 7.94. The number of hydrogen-bond acceptors (Lipinski definition) is 3. The summed E-state index contributed by atoms with van der Waals surface area (Å²) in [5.41, 5.74) is 2.70. The first-order valence-electron chi connectivity index (χ1n) is 7.94. The van der Waals surface area contributed by atoms with Gasteiger partial charge in [0.1, 0.15) is 5.75 Å². The van der Waals surface area contributed by atoms with Crippen LogP contribution in [0.15, 0.2) is 18.2 Å². The van der Waals surface area contributed by atoms with Gasteiger partial charge in [-0.05, 0) is 56.0 Å². The summed E-state index contributed by atoms with van der Waals surface area (Å²) in [4.78, 5) is 11.7. The van der Waals surface area contributed by atoms with Crippen LogP contribution < -0.4 is 15.4 Å². The predicted octanol–water partition coefficient (Wildman–Crippen LogP) is 2.58. The minimum atomic E-state index is -0.0497. The number of benzene rings is 1. The van der Waals surface area contributed by atoms with Crippen LogP contribution in [0.25, 0.3) is 0 Å². The highest BCUT2D eigenvalue weighted by Gasteiger charge is 2.19. The summed E-state index contributed by atoms with van der Waals surface area (Å²) < 4.78 is 5.62. The summed E-state index contributed by atoms with van der Waals surface area (Å²) in [7, 11) is 1.99. The minimum Gasteiger partial charge on any atom is -0.484 e. The van der Waals surface area contributed by atoms with Gasteiger partial charge in [-0.3, -0.25) is 4.79 Å². The largest absolute Gasteiger partial charge is 0.484 e. The lowest BCUT2D eigenvalue weighted by atomic mass is 9.87. The number of carbonyl (C=O) groups is 1. The summed E-state index contributed by atoms with van der Waals surface area (Å²) in [5.74, 6) is 0.730. The number of ether oxygens (including phenoxy) is 1. The van der Waals surface area contributed by atoms with Crippen molar-refractivity contribution in [2.75, 3.05) is 20.2 Å². The number of amides is 1. The Morgan fingerprint density at radius 2 is 2.29 bits per heavy atom. The summed E-state index contributed by atoms with van der Waals surface area (Å²) in [6.45, 7) is 2.92. The highest BCUT2D eigenvalue weighted by Crippen LogP contribution is 2.32. The van der Waals surface area contributed by atoms with Gasteiger partial charge in [-0.1, -0.05) is 19.4 Å². The van der Waals surface area contributed by atoms with Gasteiger partial charge in [-0.2, -0.15) is 0 Å². The number of hydrogen-bond donors (Lipinski definition) is 2. The van der Waals surface area contributed by atoms with E-state index in [0.717, 1.165) is 38.0 Å². The molecule has 4 heteroatoms. The Hall–Kier alpha value is -1.55. The molecule has 2 N–H and O–H groups in total. The lowest BCUT2D eigenvalue weighted by molar-refractivity contribution is -0.123. The van der Waals surface area contributed by atoms with Crippen LogP contribution in [0, 0.1) is 0 Å². The van der Waals surface area contributed by atoms with Crippen LogP contribution in [0.1, 0.15) is 49.8 Å². The second-order valence-corrected chi connectivity index (χ2v) is 5.59. The van der Waals surface area contributed by atoms with Crippen molar-refractivity contribution in [3.63, 3.8) is 0 Å². The first-order chi connectivity index (χ1) is 10.2. The molecule has 2 rings (SSSR count). The number of carbonyl (C=O) groups excluding carboxylic acids is 1. The van der Waals surface area contributed by atoms with E-state index in [4.69, 9.17) is 4.74 Å². The van der Waals surface area contributed by atoms with Crippen molar-refractivity contribution in [1.82, 2.24) is 10.6 Å². The molecule has 1 amide bonds. The molecule has 0 radical (unpaired) electrons. The van der Waals surface area contributed by atoms with Gasteiger partial charge in [-0.25, -0.2) is 0 Å². The van der Waals surface area contributed by atoms with E-state index in [2.05, 4.69) is 29.7 Å². The molecule has 21 heavy (non-hydrogen) atoms. The topological polar surface area (TPSA) is 50.4 Å². The molecule has 0 heterocycles. The van der Waals surface area contributed by atoms with Crippen molar-refractivity contribution in [1.29, 1.82) is 0 Å². The highest BCUT2D eigenvalue weighted by atomic mass is 16.5. The van der Waals surface area contributed by atoms with Crippen molar-refractivity contribution in [3.05, 3.63) is 29.3 Å². The number of aryl methyl sites for hydroxylation is 1. The van der Waals surface area contributed by atoms with Crippen LogP contribution >= 0.6 is 0 Å². The fourth-order valence-electron chi connectivity index (χ4n) is 2.77. The molecule has 1 aromatic carbocycles. The molecule has 0 bridgehead atoms. The van der Waals surface area contributed by atoms with Crippen LogP contribution in [0.3, 0.4) is 0 Å². The Morgan fingerprint density at radius 1 is 1.43 bits per heavy atom. The second-order valence-electron chi connectivity index (χ2n) is 5.59. The van der Waals surface area contributed by atoms with E-state index in [1.54, 1.807) is 0 Å². The normalized spacial score (nSPS) is 17.1. The Labute approximate surface area is 127 Å². The SMILES string of the molecule is CCCCNC(=O)COc1ccc2c(c1)C(NC)CCC2. The maximum absolute atomic E-state index is 11.7. The molecule has 4 nitrogen and oxygen atoms in total. The van der Waals surface area contributed by atoms with Crippen LogP contribution in [0.2, 0.25) is 0 Å². The Kier molecular flexibility index (Phi) is 6.05. The molecule has 1 aliphatic carbocycles. The molecule has 1 atom stereocenters. The monoisotopic (exact) mass is 290 g/mol. The van der Waals surface area contributed by atoms with Gasteiger partial charge in [0.05, 0.1) is 0 Å². The average molecular weight is 290 g/mol. The zero-order chi connectivity index (χ0) is 15.1. The molecule has 1 aliphatic rings. The van der Waals surface area contributed by atoms with Gasteiger partial charge in [-0.15, -0.1) is 0 Å². The molecule has 0 fully saturated rings. The molecule has 0 spiro atoms. The minimum absolute atomic E-state index is 0.0497. The molecule has 0 aromatic heterocycles. The molecule has 0 aliphatic heterocycles. The van der Waals surface area contributed by atoms with E-state index in [-0.39, 0.29) is 12.5 Å². The van der Waals surface area contributed by atoms with Crippen molar-refractivity contribution < 1.29 is 9.53 Å². The van der Waals surface area contributed by atoms with E-state index in [1.165, 1.54) is 17.5 Å². The van der Waals surface area contributed by atoms with Gasteiger partial charge in [0.2, 0.25) is 0 Å². The maximum atomic E-state index is 11.7. The lowest BCUT2D eigenvalue weighted by Crippen LogP contribution is -2.29. The molecular formula is C17H26N2O2. The van der Waals surface area contributed by atoms with Crippen LogP contribution in [-0.2, 0) is 11.2 Å². The van der Waals surface area contributed by atoms with E-state index >= 15 is 0 Å². The Morgan fingerprint density at radius 3 is 3.05 bits per heavy atom. The van der Waals surface area contributed by atoms with Crippen molar-refractivity contribution in [2.24, 2.45) is 0 Å². The lowest BCUT2D eigenvalue weighted by Gasteiger charge is -2.25. The van der Waals surface area contributed by atoms with E-state index in [9.17, 15) is 4.79 Å². The van der Waals surface area contributed by atoms with Crippen molar-refractivity contribution >= 4 is 5.91 Å². The summed E-state index contributed by atoms with van der Waals surface area (Å²) in [6, 6.07) is 6.57. The molecule has 116 valence electrons. The zero-order valence-corrected chi connectivity index (χ0v) is 13.1. The van der Waals surface area contributed by atoms with Gasteiger partial charge < -0.3 is 15.4 Å². The Bertz CT molecular complexity index is 474. The van der Waals surface area contributed by atoms with Gasteiger partial charge in [0, 0.05) is 12.6 Å². The second kappa shape index (κ2) is 8.03. The highest BCUT2D eigenvalue weighted by molar-refractivity contribution is 5.77. The standard InChI is InChI=1S/C17H26N2O2/c1-3-4-10-19-17(20)12-21-14-9-8-13-6-5-7-16(18-2)15(13)11-14/h8-9,11,16,18H,3-7,10,12H2,1-2H3,(H,19,20). The molecule has 0 saturated carbocycles. The van der Waals surface area contributed by atoms with Crippen LogP contribution in [0.5, 0.6) is 5.75 Å². The third kappa shape index (κ3) is 4.46. The molecule has 1 unspecified atom stereocenters. The number of nitrogens with one attached hydrogen (secondary N) is 2. The average Bonchev–Trinajstić information content (AvgIpc) is 2.52. The van der Waals surface area contributed by atoms with Gasteiger partial charge in [0.25, 0.3) is 5.91 Å². The van der Waals surface area contributed by atoms with Gasteiger partial charge >= 0.3 is 0 Å². The fourth-order valence-corrected chi connectivity index (χ4v) is 2.77. The van der Waals surface area contributed by atoms with Crippen LogP contribution in [0.4, 0.5) is 0 Å². The summed E-state index contributed by atoms with van der Waals surface area (Å²) >= 11 is 0. The summed E-state index contributed by atoms with van der Waals surface area (Å²) in [5, 5.41) is 6.21. The number of rotatable bonds is 7. The third-order valence-corrected chi connectivity index (χ3v) is 4.00. The van der Waals surface area contributed by atoms with Crippen LogP contribution in [-0.4, -0.2) is 26.1 Å². The zero-order valence-electron chi connectivity index (χ0n) is 13.1. The molecule has 0 saturated heterocycles. The molecule has 1 aromatic rings. The molecular weight excluding hydrogens is 264 g/mol. The first kappa shape index (κ1) is 15.8. The van der Waals surface area contributed by atoms with E-state index < -0.39 is 0 Å². The fraction of sp³-hybridized carbons (Fsp3) is 0.588. The van der Waals surface area contributed by atoms with E-state index in [1.807, 2.05) is 13.1 Å². The smallest absolute Gasteiger partial charge is 0.257 e. The van der Waals surface area contributed by atoms with Gasteiger partial charge in [0.15, 0.2) is 6.61 Å². The number of unbranched alkanes of at least 4 members (excludes halogenated alkanes) is 1. The third-order valence-electron chi connectivity index (χ3n) is 4.00. The van der Waals surface area contributed by atoms with Crippen molar-refractivity contribution in [2.45, 2.75) is 45.1 Å². The Balaban J connectivity index is 1.91.